The van der Waals surface area contributed by atoms with Gasteiger partial charge in [0.05, 0.1) is 32.6 Å². The molecule has 0 heterocycles. The molecule has 0 saturated carbocycles. The number of ether oxygens (including phenoxy) is 3. The van der Waals surface area contributed by atoms with E-state index in [4.69, 9.17) is 19.0 Å². The summed E-state index contributed by atoms with van der Waals surface area (Å²) < 4.78 is 18.3. The molecule has 0 aliphatic carbocycles. The summed E-state index contributed by atoms with van der Waals surface area (Å²) in [5.41, 5.74) is 1.92. The lowest BCUT2D eigenvalue weighted by atomic mass is 9.95. The van der Waals surface area contributed by atoms with E-state index < -0.39 is 17.8 Å². The third-order valence-electron chi connectivity index (χ3n) is 5.39. The first kappa shape index (κ1) is 25.6. The van der Waals surface area contributed by atoms with Gasteiger partial charge in [-0.25, -0.2) is 0 Å². The van der Waals surface area contributed by atoms with Crippen molar-refractivity contribution in [2.24, 2.45) is 5.16 Å². The predicted octanol–water partition coefficient (Wildman–Crippen LogP) is 4.76. The van der Waals surface area contributed by atoms with Gasteiger partial charge < -0.3 is 24.2 Å². The summed E-state index contributed by atoms with van der Waals surface area (Å²) in [7, 11) is 1.47. The van der Waals surface area contributed by atoms with Gasteiger partial charge in [0.2, 0.25) is 0 Å². The summed E-state index contributed by atoms with van der Waals surface area (Å²) in [6, 6.07) is 29.4. The van der Waals surface area contributed by atoms with E-state index in [1.54, 1.807) is 0 Å². The average Bonchev–Trinajstić information content (AvgIpc) is 2.88. The molecule has 180 valence electrons. The van der Waals surface area contributed by atoms with Crippen molar-refractivity contribution in [3.63, 3.8) is 0 Å². The summed E-state index contributed by atoms with van der Waals surface area (Å²) in [6.45, 7) is 2.90. The number of oxime groups is 1. The third-order valence-corrected chi connectivity index (χ3v) is 5.39. The lowest BCUT2D eigenvalue weighted by molar-refractivity contribution is -0.163. The van der Waals surface area contributed by atoms with Gasteiger partial charge in [0, 0.05) is 0 Å². The Morgan fingerprint density at radius 1 is 0.794 bits per heavy atom. The number of aliphatic hydroxyl groups excluding tert-OH is 1. The molecule has 3 aromatic carbocycles. The molecule has 34 heavy (non-hydrogen) atoms. The molecule has 0 aromatic heterocycles. The number of hydrogen-bond donors (Lipinski definition) is 1. The Morgan fingerprint density at radius 3 is 1.82 bits per heavy atom. The molecule has 3 rings (SSSR count). The van der Waals surface area contributed by atoms with Crippen LogP contribution in [0.1, 0.15) is 23.6 Å². The summed E-state index contributed by atoms with van der Waals surface area (Å²) >= 11 is 0. The minimum absolute atomic E-state index is 0.0689. The molecule has 3 aromatic rings. The molecule has 0 bridgehead atoms. The molecule has 0 aliphatic rings. The molecular weight excluding hydrogens is 430 g/mol. The van der Waals surface area contributed by atoms with E-state index in [2.05, 4.69) is 5.16 Å². The predicted molar refractivity (Wildman–Crippen MR) is 132 cm³/mol. The number of aliphatic hydroxyl groups is 1. The molecule has 0 radical (unpaired) electrons. The zero-order chi connectivity index (χ0) is 24.1. The maximum Gasteiger partial charge on any atom is 0.133 e. The lowest BCUT2D eigenvalue weighted by Crippen LogP contribution is -2.53. The molecule has 0 amide bonds. The molecule has 0 spiro atoms. The molecule has 6 heteroatoms. The van der Waals surface area contributed by atoms with Crippen molar-refractivity contribution in [2.75, 3.05) is 13.7 Å². The lowest BCUT2D eigenvalue weighted by Gasteiger charge is -2.37. The maximum atomic E-state index is 11.2. The fourth-order valence-corrected chi connectivity index (χ4v) is 3.54. The molecular formula is C28H33NO5. The Morgan fingerprint density at radius 2 is 1.29 bits per heavy atom. The van der Waals surface area contributed by atoms with Crippen LogP contribution in [0.4, 0.5) is 0 Å². The van der Waals surface area contributed by atoms with Crippen LogP contribution in [0.2, 0.25) is 0 Å². The molecule has 1 N–H and O–H groups in total. The van der Waals surface area contributed by atoms with E-state index in [1.807, 2.05) is 97.9 Å². The van der Waals surface area contributed by atoms with Crippen molar-refractivity contribution in [3.8, 4) is 0 Å². The summed E-state index contributed by atoms with van der Waals surface area (Å²) in [4.78, 5) is 4.94. The van der Waals surface area contributed by atoms with Crippen molar-refractivity contribution in [2.45, 2.75) is 44.6 Å². The number of benzene rings is 3. The Kier molecular flexibility index (Phi) is 10.3. The van der Waals surface area contributed by atoms with Crippen LogP contribution in [0.25, 0.3) is 0 Å². The van der Waals surface area contributed by atoms with Crippen LogP contribution in [0, 0.1) is 0 Å². The summed E-state index contributed by atoms with van der Waals surface area (Å²) in [5, 5.41) is 15.1. The van der Waals surface area contributed by atoms with Gasteiger partial charge >= 0.3 is 0 Å². The van der Waals surface area contributed by atoms with Crippen molar-refractivity contribution in [3.05, 3.63) is 108 Å². The summed E-state index contributed by atoms with van der Waals surface area (Å²) in [6.07, 6.45) is -0.214. The van der Waals surface area contributed by atoms with E-state index in [-0.39, 0.29) is 6.61 Å². The highest BCUT2D eigenvalue weighted by Crippen LogP contribution is 2.24. The van der Waals surface area contributed by atoms with E-state index in [1.165, 1.54) is 13.3 Å². The zero-order valence-electron chi connectivity index (χ0n) is 19.7. The topological polar surface area (TPSA) is 69.5 Å². The largest absolute Gasteiger partial charge is 0.399 e. The summed E-state index contributed by atoms with van der Waals surface area (Å²) in [5.74, 6) is 0. The Hall–Kier alpha value is -3.03. The average molecular weight is 464 g/mol. The second-order valence-corrected chi connectivity index (χ2v) is 8.16. The Balaban J connectivity index is 1.75. The van der Waals surface area contributed by atoms with Crippen molar-refractivity contribution in [1.29, 1.82) is 0 Å². The highest BCUT2D eigenvalue weighted by molar-refractivity contribution is 5.69. The Labute approximate surface area is 201 Å². The van der Waals surface area contributed by atoms with Gasteiger partial charge in [0.1, 0.15) is 24.9 Å². The normalized spacial score (nSPS) is 15.0. The van der Waals surface area contributed by atoms with Gasteiger partial charge in [-0.1, -0.05) is 96.2 Å². The quantitative estimate of drug-likeness (QED) is 0.276. The molecule has 6 nitrogen and oxygen atoms in total. The van der Waals surface area contributed by atoms with E-state index in [9.17, 15) is 5.11 Å². The van der Waals surface area contributed by atoms with Crippen LogP contribution in [0.15, 0.2) is 96.2 Å². The number of hydrogen-bond acceptors (Lipinski definition) is 6. The first-order valence-corrected chi connectivity index (χ1v) is 11.3. The monoisotopic (exact) mass is 463 g/mol. The van der Waals surface area contributed by atoms with Gasteiger partial charge in [-0.2, -0.15) is 0 Å². The number of rotatable bonds is 14. The van der Waals surface area contributed by atoms with Gasteiger partial charge in [-0.05, 0) is 23.6 Å². The smallest absolute Gasteiger partial charge is 0.133 e. The van der Waals surface area contributed by atoms with Crippen molar-refractivity contribution in [1.82, 2.24) is 0 Å². The SMILES string of the molecule is CON=C[C@](C)(OCc1ccccc1)[C@H](OCc1ccccc1)[C@H](O)COCc1ccccc1. The van der Waals surface area contributed by atoms with Crippen LogP contribution in [0.5, 0.6) is 0 Å². The maximum absolute atomic E-state index is 11.2. The zero-order valence-corrected chi connectivity index (χ0v) is 19.7. The molecule has 0 unspecified atom stereocenters. The van der Waals surface area contributed by atoms with Crippen molar-refractivity contribution < 1.29 is 24.2 Å². The Bertz CT molecular complexity index is 968. The molecule has 0 fully saturated rings. The molecule has 0 saturated heterocycles. The number of nitrogens with zero attached hydrogens (tertiary/aromatic N) is 1. The van der Waals surface area contributed by atoms with Crippen LogP contribution in [-0.4, -0.2) is 42.8 Å². The minimum atomic E-state index is -1.09. The van der Waals surface area contributed by atoms with E-state index in [0.29, 0.717) is 19.8 Å². The van der Waals surface area contributed by atoms with Crippen LogP contribution in [0.3, 0.4) is 0 Å². The molecule has 3 atom stereocenters. The van der Waals surface area contributed by atoms with Crippen LogP contribution >= 0.6 is 0 Å². The van der Waals surface area contributed by atoms with Gasteiger partial charge in [0.15, 0.2) is 0 Å². The first-order valence-electron chi connectivity index (χ1n) is 11.3. The van der Waals surface area contributed by atoms with Crippen LogP contribution in [-0.2, 0) is 38.9 Å². The fraction of sp³-hybridized carbons (Fsp3) is 0.321. The third kappa shape index (κ3) is 8.08. The second-order valence-electron chi connectivity index (χ2n) is 8.16. The first-order chi connectivity index (χ1) is 16.6. The minimum Gasteiger partial charge on any atom is -0.399 e. The van der Waals surface area contributed by atoms with Crippen molar-refractivity contribution >= 4 is 6.21 Å². The van der Waals surface area contributed by atoms with E-state index in [0.717, 1.165) is 16.7 Å². The second kappa shape index (κ2) is 13.6. The van der Waals surface area contributed by atoms with Crippen LogP contribution < -0.4 is 0 Å². The van der Waals surface area contributed by atoms with Gasteiger partial charge in [-0.3, -0.25) is 0 Å². The molecule has 0 aliphatic heterocycles. The van der Waals surface area contributed by atoms with Gasteiger partial charge in [0.25, 0.3) is 0 Å². The fourth-order valence-electron chi connectivity index (χ4n) is 3.54. The van der Waals surface area contributed by atoms with Gasteiger partial charge in [-0.15, -0.1) is 0 Å². The highest BCUT2D eigenvalue weighted by atomic mass is 16.6. The standard InChI is InChI=1S/C28H33NO5/c1-28(22-29-31-2,34-20-25-16-10-5-11-17-25)27(33-19-24-14-8-4-9-15-24)26(30)21-32-18-23-12-6-3-7-13-23/h3-17,22,26-27,30H,18-21H2,1-2H3/t26-,27-,28+/m1/s1. The van der Waals surface area contributed by atoms with E-state index >= 15 is 0 Å². The highest BCUT2D eigenvalue weighted by Gasteiger charge is 2.40.